The average Bonchev–Trinajstić information content (AvgIpc) is 3.17. The molecule has 24 heavy (non-hydrogen) atoms. The molecule has 1 saturated heterocycles. The van der Waals surface area contributed by atoms with Crippen LogP contribution in [-0.4, -0.2) is 43.6 Å². The van der Waals surface area contributed by atoms with E-state index in [-0.39, 0.29) is 5.91 Å². The van der Waals surface area contributed by atoms with Gasteiger partial charge in [-0.05, 0) is 19.4 Å². The van der Waals surface area contributed by atoms with E-state index in [4.69, 9.17) is 4.74 Å². The molecule has 7 nitrogen and oxygen atoms in total. The Balaban J connectivity index is 1.51. The lowest BCUT2D eigenvalue weighted by molar-refractivity contribution is -0.127. The largest absolute Gasteiger partial charge is 0.360 e. The first-order valence-electron chi connectivity index (χ1n) is 8.47. The first kappa shape index (κ1) is 15.3. The minimum absolute atomic E-state index is 0.000506. The highest BCUT2D eigenvalue weighted by molar-refractivity contribution is 5.93. The second kappa shape index (κ2) is 5.66. The zero-order valence-electron chi connectivity index (χ0n) is 14.0. The summed E-state index contributed by atoms with van der Waals surface area (Å²) >= 11 is 0. The highest BCUT2D eigenvalue weighted by Gasteiger charge is 2.53. The molecule has 0 N–H and O–H groups in total. The Labute approximate surface area is 140 Å². The molecule has 0 atom stereocenters. The lowest BCUT2D eigenvalue weighted by Crippen LogP contribution is -2.61. The summed E-state index contributed by atoms with van der Waals surface area (Å²) in [6, 6.07) is 1.76. The Kier molecular flexibility index (Phi) is 3.60. The minimum Gasteiger partial charge on any atom is -0.360 e. The van der Waals surface area contributed by atoms with Crippen molar-refractivity contribution in [2.45, 2.75) is 45.4 Å². The first-order chi connectivity index (χ1) is 11.7. The molecule has 4 rings (SSSR count). The normalized spacial score (nSPS) is 17.8. The van der Waals surface area contributed by atoms with E-state index < -0.39 is 5.60 Å². The Hall–Kier alpha value is -2.28. The van der Waals surface area contributed by atoms with Gasteiger partial charge < -0.3 is 9.64 Å². The molecule has 0 aliphatic carbocycles. The Morgan fingerprint density at radius 3 is 2.96 bits per heavy atom. The van der Waals surface area contributed by atoms with Crippen molar-refractivity contribution in [1.29, 1.82) is 0 Å². The molecule has 2 aliphatic rings. The smallest absolute Gasteiger partial charge is 0.272 e. The number of fused-ring (bicyclic) bond motifs is 2. The van der Waals surface area contributed by atoms with Crippen LogP contribution in [0.1, 0.15) is 47.8 Å². The van der Waals surface area contributed by atoms with Crippen LogP contribution in [0.25, 0.3) is 0 Å². The summed E-state index contributed by atoms with van der Waals surface area (Å²) in [7, 11) is 0. The van der Waals surface area contributed by atoms with Crippen LogP contribution in [0.5, 0.6) is 0 Å². The van der Waals surface area contributed by atoms with Gasteiger partial charge >= 0.3 is 0 Å². The number of aryl methyl sites for hydroxylation is 2. The van der Waals surface area contributed by atoms with Crippen LogP contribution < -0.4 is 0 Å². The van der Waals surface area contributed by atoms with E-state index in [1.54, 1.807) is 21.8 Å². The third kappa shape index (κ3) is 2.23. The topological polar surface area (TPSA) is 73.1 Å². The minimum atomic E-state index is -0.424. The van der Waals surface area contributed by atoms with E-state index in [0.717, 1.165) is 29.9 Å². The average molecular weight is 327 g/mol. The maximum atomic E-state index is 12.6. The maximum Gasteiger partial charge on any atom is 0.272 e. The number of carbonyl (C=O) groups excluding carboxylic acids is 1. The van der Waals surface area contributed by atoms with E-state index in [0.29, 0.717) is 31.9 Å². The van der Waals surface area contributed by atoms with Gasteiger partial charge in [0.05, 0.1) is 25.4 Å². The molecule has 1 amide bonds. The molecule has 0 radical (unpaired) electrons. The lowest BCUT2D eigenvalue weighted by atomic mass is 9.87. The molecular formula is C17H21N5O2. The molecule has 4 heterocycles. The van der Waals surface area contributed by atoms with Crippen molar-refractivity contribution in [2.24, 2.45) is 0 Å². The summed E-state index contributed by atoms with van der Waals surface area (Å²) in [4.78, 5) is 23.5. The molecule has 0 saturated carbocycles. The molecular weight excluding hydrogens is 306 g/mol. The zero-order chi connectivity index (χ0) is 16.7. The number of likely N-dealkylation sites (tertiary alicyclic amines) is 1. The van der Waals surface area contributed by atoms with Crippen LogP contribution in [0.4, 0.5) is 0 Å². The van der Waals surface area contributed by atoms with Crippen molar-refractivity contribution >= 4 is 5.91 Å². The van der Waals surface area contributed by atoms with Gasteiger partial charge in [0.2, 0.25) is 0 Å². The van der Waals surface area contributed by atoms with E-state index in [1.165, 1.54) is 0 Å². The molecule has 1 spiro atoms. The van der Waals surface area contributed by atoms with E-state index in [2.05, 4.69) is 22.0 Å². The molecule has 1 fully saturated rings. The van der Waals surface area contributed by atoms with Crippen LogP contribution in [0.15, 0.2) is 18.5 Å². The summed E-state index contributed by atoms with van der Waals surface area (Å²) in [6.45, 7) is 6.37. The third-order valence-corrected chi connectivity index (χ3v) is 4.78. The van der Waals surface area contributed by atoms with Crippen LogP contribution in [0, 0.1) is 0 Å². The number of amides is 1. The van der Waals surface area contributed by atoms with E-state index in [1.807, 2.05) is 13.1 Å². The lowest BCUT2D eigenvalue weighted by Gasteiger charge is -2.47. The standard InChI is InChI=1S/C17H21N5O2/c1-3-5-15-18-8-12-13(20-15)9-24-17(12)10-21(11-17)16(23)14-6-7-19-22(14)4-2/h6-8H,3-5,9-11H2,1-2H3. The fourth-order valence-electron chi connectivity index (χ4n) is 3.48. The fraction of sp³-hybridized carbons (Fsp3) is 0.529. The van der Waals surface area contributed by atoms with Crippen LogP contribution in [0.2, 0.25) is 0 Å². The van der Waals surface area contributed by atoms with Crippen molar-refractivity contribution in [3.8, 4) is 0 Å². The van der Waals surface area contributed by atoms with Crippen molar-refractivity contribution in [2.75, 3.05) is 13.1 Å². The van der Waals surface area contributed by atoms with Crippen molar-refractivity contribution < 1.29 is 9.53 Å². The molecule has 0 aromatic carbocycles. The Morgan fingerprint density at radius 1 is 1.38 bits per heavy atom. The van der Waals surface area contributed by atoms with Gasteiger partial charge in [-0.1, -0.05) is 6.92 Å². The van der Waals surface area contributed by atoms with E-state index in [9.17, 15) is 4.79 Å². The summed E-state index contributed by atoms with van der Waals surface area (Å²) < 4.78 is 7.73. The summed E-state index contributed by atoms with van der Waals surface area (Å²) in [5, 5.41) is 4.17. The number of rotatable bonds is 4. The van der Waals surface area contributed by atoms with E-state index >= 15 is 0 Å². The molecule has 126 valence electrons. The molecule has 7 heteroatoms. The highest BCUT2D eigenvalue weighted by Crippen LogP contribution is 2.42. The Bertz CT molecular complexity index is 779. The fourth-order valence-corrected chi connectivity index (χ4v) is 3.48. The van der Waals surface area contributed by atoms with Gasteiger partial charge in [0.25, 0.3) is 5.91 Å². The summed E-state index contributed by atoms with van der Waals surface area (Å²) in [6.07, 6.45) is 5.46. The molecule has 2 aromatic rings. The third-order valence-electron chi connectivity index (χ3n) is 4.78. The van der Waals surface area contributed by atoms with Crippen LogP contribution >= 0.6 is 0 Å². The monoisotopic (exact) mass is 327 g/mol. The quantitative estimate of drug-likeness (QED) is 0.851. The van der Waals surface area contributed by atoms with Crippen LogP contribution in [0.3, 0.4) is 0 Å². The SMILES string of the molecule is CCCc1ncc2c(n1)COC21CN(C(=O)c2ccnn2CC)C1. The first-order valence-corrected chi connectivity index (χ1v) is 8.47. The molecule has 0 bridgehead atoms. The summed E-state index contributed by atoms with van der Waals surface area (Å²) in [5.41, 5.74) is 2.21. The van der Waals surface area contributed by atoms with Gasteiger partial charge in [-0.3, -0.25) is 9.48 Å². The molecule has 2 aliphatic heterocycles. The van der Waals surface area contributed by atoms with Crippen molar-refractivity contribution in [3.05, 3.63) is 41.2 Å². The zero-order valence-corrected chi connectivity index (χ0v) is 14.0. The second-order valence-electron chi connectivity index (χ2n) is 6.37. The number of carbonyl (C=O) groups is 1. The number of hydrogen-bond donors (Lipinski definition) is 0. The maximum absolute atomic E-state index is 12.6. The van der Waals surface area contributed by atoms with Gasteiger partial charge in [0, 0.05) is 30.9 Å². The van der Waals surface area contributed by atoms with Crippen molar-refractivity contribution in [1.82, 2.24) is 24.6 Å². The highest BCUT2D eigenvalue weighted by atomic mass is 16.5. The number of ether oxygens (including phenoxy) is 1. The van der Waals surface area contributed by atoms with Crippen molar-refractivity contribution in [3.63, 3.8) is 0 Å². The van der Waals surface area contributed by atoms with Gasteiger partial charge in [-0.15, -0.1) is 0 Å². The number of aromatic nitrogens is 4. The molecule has 0 unspecified atom stereocenters. The van der Waals surface area contributed by atoms with Gasteiger partial charge in [0.15, 0.2) is 0 Å². The number of nitrogens with zero attached hydrogens (tertiary/aromatic N) is 5. The second-order valence-corrected chi connectivity index (χ2v) is 6.37. The summed E-state index contributed by atoms with van der Waals surface area (Å²) in [5.74, 6) is 0.872. The van der Waals surface area contributed by atoms with Gasteiger partial charge in [-0.2, -0.15) is 5.10 Å². The van der Waals surface area contributed by atoms with Crippen LogP contribution in [-0.2, 0) is 29.9 Å². The Morgan fingerprint density at radius 2 is 2.21 bits per heavy atom. The predicted octanol–water partition coefficient (Wildman–Crippen LogP) is 1.53. The predicted molar refractivity (Wildman–Crippen MR) is 86.3 cm³/mol. The molecule has 2 aromatic heterocycles. The number of hydrogen-bond acceptors (Lipinski definition) is 5. The van der Waals surface area contributed by atoms with Gasteiger partial charge in [0.1, 0.15) is 17.1 Å². The van der Waals surface area contributed by atoms with Gasteiger partial charge in [-0.25, -0.2) is 9.97 Å².